The maximum atomic E-state index is 11.4. The minimum Gasteiger partial charge on any atom is -0.475 e. The van der Waals surface area contributed by atoms with Gasteiger partial charge >= 0.3 is 5.97 Å². The summed E-state index contributed by atoms with van der Waals surface area (Å²) in [6.45, 7) is 0. The molecule has 0 saturated heterocycles. The zero-order chi connectivity index (χ0) is 13.7. The lowest BCUT2D eigenvalue weighted by molar-refractivity contribution is -0.131. The Kier molecular flexibility index (Phi) is 4.08. The van der Waals surface area contributed by atoms with Crippen molar-refractivity contribution in [3.8, 4) is 0 Å². The maximum absolute atomic E-state index is 11.4. The fourth-order valence-corrected chi connectivity index (χ4v) is 1.92. The molecule has 2 rings (SSSR count). The van der Waals surface area contributed by atoms with E-state index < -0.39 is 11.8 Å². The number of hydrogen-bond acceptors (Lipinski definition) is 2. The number of aryl methyl sites for hydroxylation is 2. The molecule has 0 aliphatic carbocycles. The van der Waals surface area contributed by atoms with E-state index in [1.807, 2.05) is 36.4 Å². The van der Waals surface area contributed by atoms with Gasteiger partial charge in [-0.2, -0.15) is 0 Å². The molecule has 19 heavy (non-hydrogen) atoms. The third kappa shape index (κ3) is 3.52. The Morgan fingerprint density at radius 2 is 1.47 bits per heavy atom. The Balaban J connectivity index is 2.07. The number of carbonyl (C=O) groups excluding carboxylic acids is 1. The first-order valence-electron chi connectivity index (χ1n) is 6.07. The Hall–Kier alpha value is -2.42. The van der Waals surface area contributed by atoms with Crippen LogP contribution in [0.1, 0.15) is 21.5 Å². The van der Waals surface area contributed by atoms with Gasteiger partial charge < -0.3 is 5.11 Å². The number of carboxylic acids is 1. The number of ketones is 1. The molecule has 0 heterocycles. The largest absolute Gasteiger partial charge is 0.475 e. The van der Waals surface area contributed by atoms with Crippen molar-refractivity contribution in [3.05, 3.63) is 71.3 Å². The molecule has 2 aromatic rings. The Morgan fingerprint density at radius 3 is 2.16 bits per heavy atom. The molecule has 0 bridgehead atoms. The number of rotatable bonds is 5. The summed E-state index contributed by atoms with van der Waals surface area (Å²) in [6.07, 6.45) is 1.65. The van der Waals surface area contributed by atoms with Gasteiger partial charge in [-0.25, -0.2) is 4.79 Å². The molecular weight excluding hydrogens is 240 g/mol. The van der Waals surface area contributed by atoms with Crippen LogP contribution >= 0.6 is 0 Å². The van der Waals surface area contributed by atoms with Crippen molar-refractivity contribution in [1.29, 1.82) is 0 Å². The summed E-state index contributed by atoms with van der Waals surface area (Å²) in [5, 5.41) is 8.68. The van der Waals surface area contributed by atoms with Gasteiger partial charge in [0.1, 0.15) is 0 Å². The molecule has 0 atom stereocenters. The van der Waals surface area contributed by atoms with E-state index in [0.29, 0.717) is 0 Å². The van der Waals surface area contributed by atoms with E-state index in [1.165, 1.54) is 11.6 Å². The molecule has 3 nitrogen and oxygen atoms in total. The second kappa shape index (κ2) is 5.96. The van der Waals surface area contributed by atoms with Crippen molar-refractivity contribution >= 4 is 11.8 Å². The molecule has 0 saturated carbocycles. The molecule has 1 N–H and O–H groups in total. The molecule has 0 fully saturated rings. The summed E-state index contributed by atoms with van der Waals surface area (Å²) in [7, 11) is 0. The van der Waals surface area contributed by atoms with Crippen LogP contribution in [0.15, 0.2) is 54.6 Å². The highest BCUT2D eigenvalue weighted by Crippen LogP contribution is 2.10. The zero-order valence-electron chi connectivity index (χ0n) is 10.4. The summed E-state index contributed by atoms with van der Waals surface area (Å²) < 4.78 is 0. The highest BCUT2D eigenvalue weighted by Gasteiger charge is 2.14. The molecule has 0 aliphatic heterocycles. The van der Waals surface area contributed by atoms with Crippen LogP contribution in [0, 0.1) is 0 Å². The van der Waals surface area contributed by atoms with Crippen LogP contribution in [0.2, 0.25) is 0 Å². The standard InChI is InChI=1S/C16H14O3/c17-15(16(18)19)14-8-4-7-13(11-14)10-9-12-5-2-1-3-6-12/h1-8,11H,9-10H2,(H,18,19). The first kappa shape index (κ1) is 13.0. The number of benzene rings is 2. The van der Waals surface area contributed by atoms with E-state index in [2.05, 4.69) is 0 Å². The number of hydrogen-bond donors (Lipinski definition) is 1. The molecule has 0 aliphatic rings. The van der Waals surface area contributed by atoms with Gasteiger partial charge in [-0.1, -0.05) is 48.5 Å². The molecule has 2 aromatic carbocycles. The van der Waals surface area contributed by atoms with Crippen LogP contribution in [0.4, 0.5) is 0 Å². The fraction of sp³-hybridized carbons (Fsp3) is 0.125. The van der Waals surface area contributed by atoms with Crippen molar-refractivity contribution in [2.75, 3.05) is 0 Å². The molecule has 0 aromatic heterocycles. The zero-order valence-corrected chi connectivity index (χ0v) is 10.4. The van der Waals surface area contributed by atoms with E-state index in [1.54, 1.807) is 12.1 Å². The second-order valence-corrected chi connectivity index (χ2v) is 4.32. The van der Waals surface area contributed by atoms with Crippen LogP contribution < -0.4 is 0 Å². The van der Waals surface area contributed by atoms with Gasteiger partial charge in [-0.05, 0) is 30.0 Å². The first-order chi connectivity index (χ1) is 9.16. The number of carboxylic acid groups (broad SMARTS) is 1. The second-order valence-electron chi connectivity index (χ2n) is 4.32. The smallest absolute Gasteiger partial charge is 0.377 e. The minimum atomic E-state index is -1.42. The van der Waals surface area contributed by atoms with Gasteiger partial charge in [-0.15, -0.1) is 0 Å². The molecule has 0 radical (unpaired) electrons. The highest BCUT2D eigenvalue weighted by atomic mass is 16.4. The number of carbonyl (C=O) groups is 2. The first-order valence-corrected chi connectivity index (χ1v) is 6.07. The normalized spacial score (nSPS) is 10.1. The molecule has 0 unspecified atom stereocenters. The Labute approximate surface area is 111 Å². The average Bonchev–Trinajstić information content (AvgIpc) is 2.45. The predicted molar refractivity (Wildman–Crippen MR) is 72.3 cm³/mol. The van der Waals surface area contributed by atoms with Gasteiger partial charge in [0.05, 0.1) is 0 Å². The van der Waals surface area contributed by atoms with Gasteiger partial charge in [0.25, 0.3) is 5.78 Å². The van der Waals surface area contributed by atoms with Gasteiger partial charge in [0, 0.05) is 5.56 Å². The van der Waals surface area contributed by atoms with Crippen molar-refractivity contribution in [2.24, 2.45) is 0 Å². The SMILES string of the molecule is O=C(O)C(=O)c1cccc(CCc2ccccc2)c1. The molecule has 96 valence electrons. The van der Waals surface area contributed by atoms with Gasteiger partial charge in [0.2, 0.25) is 0 Å². The topological polar surface area (TPSA) is 54.4 Å². The predicted octanol–water partition coefficient (Wildman–Crippen LogP) is 2.74. The van der Waals surface area contributed by atoms with E-state index in [0.717, 1.165) is 18.4 Å². The van der Waals surface area contributed by atoms with Crippen molar-refractivity contribution in [3.63, 3.8) is 0 Å². The fourth-order valence-electron chi connectivity index (χ4n) is 1.92. The monoisotopic (exact) mass is 254 g/mol. The molecule has 0 spiro atoms. The lowest BCUT2D eigenvalue weighted by Gasteiger charge is -2.04. The molecule has 3 heteroatoms. The van der Waals surface area contributed by atoms with Crippen LogP contribution in [0.3, 0.4) is 0 Å². The molecule has 0 amide bonds. The third-order valence-electron chi connectivity index (χ3n) is 2.93. The summed E-state index contributed by atoms with van der Waals surface area (Å²) >= 11 is 0. The highest BCUT2D eigenvalue weighted by molar-refractivity contribution is 6.39. The number of Topliss-reactive ketones (excluding diaryl/α,β-unsaturated/α-hetero) is 1. The van der Waals surface area contributed by atoms with Crippen LogP contribution in [0.5, 0.6) is 0 Å². The lowest BCUT2D eigenvalue weighted by atomic mass is 10.0. The third-order valence-corrected chi connectivity index (χ3v) is 2.93. The van der Waals surface area contributed by atoms with Gasteiger partial charge in [-0.3, -0.25) is 4.79 Å². The minimum absolute atomic E-state index is 0.234. The van der Waals surface area contributed by atoms with Crippen molar-refractivity contribution in [1.82, 2.24) is 0 Å². The maximum Gasteiger partial charge on any atom is 0.377 e. The van der Waals surface area contributed by atoms with Crippen LogP contribution in [-0.4, -0.2) is 16.9 Å². The van der Waals surface area contributed by atoms with E-state index in [9.17, 15) is 9.59 Å². The quantitative estimate of drug-likeness (QED) is 0.659. The van der Waals surface area contributed by atoms with Crippen molar-refractivity contribution < 1.29 is 14.7 Å². The van der Waals surface area contributed by atoms with Gasteiger partial charge in [0.15, 0.2) is 0 Å². The van der Waals surface area contributed by atoms with E-state index >= 15 is 0 Å². The Bertz CT molecular complexity index is 588. The van der Waals surface area contributed by atoms with E-state index in [4.69, 9.17) is 5.11 Å². The van der Waals surface area contributed by atoms with Crippen LogP contribution in [0.25, 0.3) is 0 Å². The molecular formula is C16H14O3. The number of aliphatic carboxylic acids is 1. The summed E-state index contributed by atoms with van der Waals surface area (Å²) in [6, 6.07) is 16.8. The van der Waals surface area contributed by atoms with E-state index in [-0.39, 0.29) is 5.56 Å². The average molecular weight is 254 g/mol. The summed E-state index contributed by atoms with van der Waals surface area (Å²) in [5.41, 5.74) is 2.42. The summed E-state index contributed by atoms with van der Waals surface area (Å²) in [4.78, 5) is 22.0. The lowest BCUT2D eigenvalue weighted by Crippen LogP contribution is -2.12. The summed E-state index contributed by atoms with van der Waals surface area (Å²) in [5.74, 6) is -2.28. The van der Waals surface area contributed by atoms with Crippen molar-refractivity contribution in [2.45, 2.75) is 12.8 Å². The Morgan fingerprint density at radius 1 is 0.842 bits per heavy atom. The van der Waals surface area contributed by atoms with Crippen LogP contribution in [-0.2, 0) is 17.6 Å².